The Hall–Kier alpha value is -2.74. The van der Waals surface area contributed by atoms with Crippen LogP contribution in [0.1, 0.15) is 15.9 Å². The zero-order valence-electron chi connectivity index (χ0n) is 12.1. The summed E-state index contributed by atoms with van der Waals surface area (Å²) in [4.78, 5) is 20.2. The summed E-state index contributed by atoms with van der Waals surface area (Å²) in [6.45, 7) is 1.86. The number of anilines is 1. The Labute approximate surface area is 140 Å². The molecular formula is C15H12BrN5O2. The number of hydrogen-bond donors (Lipinski definition) is 2. The molecule has 3 aromatic rings. The van der Waals surface area contributed by atoms with Crippen molar-refractivity contribution in [1.82, 2.24) is 20.6 Å². The molecule has 7 nitrogen and oxygen atoms in total. The molecule has 0 spiro atoms. The number of nitrogens with one attached hydrogen (secondary N) is 2. The van der Waals surface area contributed by atoms with E-state index in [0.717, 1.165) is 15.6 Å². The molecule has 2 heterocycles. The highest BCUT2D eigenvalue weighted by molar-refractivity contribution is 9.10. The van der Waals surface area contributed by atoms with Crippen molar-refractivity contribution in [3.8, 4) is 11.4 Å². The molecule has 1 aromatic carbocycles. The van der Waals surface area contributed by atoms with Gasteiger partial charge in [-0.05, 0) is 42.8 Å². The summed E-state index contributed by atoms with van der Waals surface area (Å²) in [5.41, 5.74) is 7.30. The first-order valence-electron chi connectivity index (χ1n) is 6.70. The van der Waals surface area contributed by atoms with Crippen molar-refractivity contribution >= 4 is 27.9 Å². The third-order valence-electron chi connectivity index (χ3n) is 3.08. The van der Waals surface area contributed by atoms with Crippen LogP contribution in [0.25, 0.3) is 11.4 Å². The predicted molar refractivity (Wildman–Crippen MR) is 87.5 cm³/mol. The number of amides is 1. The first-order chi connectivity index (χ1) is 11.1. The minimum Gasteiger partial charge on any atom is -0.313 e. The molecule has 8 heteroatoms. The van der Waals surface area contributed by atoms with Gasteiger partial charge in [0, 0.05) is 28.0 Å². The largest absolute Gasteiger partial charge is 0.340 e. The van der Waals surface area contributed by atoms with E-state index < -0.39 is 0 Å². The Kier molecular flexibility index (Phi) is 4.33. The molecule has 0 aliphatic rings. The smallest absolute Gasteiger partial charge is 0.313 e. The van der Waals surface area contributed by atoms with Gasteiger partial charge >= 0.3 is 6.01 Å². The van der Waals surface area contributed by atoms with Gasteiger partial charge < -0.3 is 4.52 Å². The van der Waals surface area contributed by atoms with Crippen molar-refractivity contribution in [3.05, 3.63) is 58.3 Å². The SMILES string of the molecule is Cc1cc(Br)ccc1C(=O)NNc1nc(-c2ccncc2)no1. The minimum atomic E-state index is -0.293. The molecule has 0 saturated heterocycles. The molecule has 1 amide bonds. The number of carbonyl (C=O) groups excluding carboxylic acids is 1. The van der Waals surface area contributed by atoms with Gasteiger partial charge in [-0.3, -0.25) is 15.2 Å². The third kappa shape index (κ3) is 3.54. The van der Waals surface area contributed by atoms with E-state index in [0.29, 0.717) is 11.4 Å². The van der Waals surface area contributed by atoms with Crippen LogP contribution < -0.4 is 10.9 Å². The van der Waals surface area contributed by atoms with Gasteiger partial charge in [-0.1, -0.05) is 21.1 Å². The molecule has 0 atom stereocenters. The van der Waals surface area contributed by atoms with Crippen molar-refractivity contribution in [3.63, 3.8) is 0 Å². The topological polar surface area (TPSA) is 92.9 Å². The van der Waals surface area contributed by atoms with E-state index in [1.165, 1.54) is 0 Å². The van der Waals surface area contributed by atoms with Crippen molar-refractivity contribution < 1.29 is 9.32 Å². The normalized spacial score (nSPS) is 10.3. The summed E-state index contributed by atoms with van der Waals surface area (Å²) in [6.07, 6.45) is 3.27. The maximum atomic E-state index is 12.1. The molecule has 2 N–H and O–H groups in total. The van der Waals surface area contributed by atoms with Crippen molar-refractivity contribution in [2.75, 3.05) is 5.43 Å². The second-order valence-electron chi connectivity index (χ2n) is 4.70. The number of hydrogen-bond acceptors (Lipinski definition) is 6. The van der Waals surface area contributed by atoms with Crippen LogP contribution in [-0.2, 0) is 0 Å². The van der Waals surface area contributed by atoms with Crippen molar-refractivity contribution in [2.45, 2.75) is 6.92 Å². The van der Waals surface area contributed by atoms with Gasteiger partial charge in [0.25, 0.3) is 5.91 Å². The maximum absolute atomic E-state index is 12.1. The average molecular weight is 374 g/mol. The van der Waals surface area contributed by atoms with Crippen LogP contribution in [0.4, 0.5) is 6.01 Å². The molecule has 3 rings (SSSR count). The molecule has 0 unspecified atom stereocenters. The van der Waals surface area contributed by atoms with Crippen LogP contribution in [0.3, 0.4) is 0 Å². The van der Waals surface area contributed by atoms with Gasteiger partial charge in [0.15, 0.2) is 0 Å². The Morgan fingerprint density at radius 2 is 2.00 bits per heavy atom. The van der Waals surface area contributed by atoms with E-state index in [-0.39, 0.29) is 11.9 Å². The Bertz CT molecular complexity index is 835. The highest BCUT2D eigenvalue weighted by Gasteiger charge is 2.12. The molecule has 0 fully saturated rings. The third-order valence-corrected chi connectivity index (χ3v) is 3.57. The maximum Gasteiger partial charge on any atom is 0.340 e. The van der Waals surface area contributed by atoms with Crippen molar-refractivity contribution in [1.29, 1.82) is 0 Å². The lowest BCUT2D eigenvalue weighted by Gasteiger charge is -2.07. The molecule has 0 radical (unpaired) electrons. The van der Waals surface area contributed by atoms with E-state index in [2.05, 4.69) is 41.9 Å². The number of rotatable bonds is 4. The van der Waals surface area contributed by atoms with Gasteiger partial charge in [-0.15, -0.1) is 0 Å². The summed E-state index contributed by atoms with van der Waals surface area (Å²) in [7, 11) is 0. The molecule has 2 aromatic heterocycles. The number of benzene rings is 1. The van der Waals surface area contributed by atoms with Crippen LogP contribution in [0.15, 0.2) is 51.7 Å². The Balaban J connectivity index is 1.67. The fourth-order valence-electron chi connectivity index (χ4n) is 1.95. The van der Waals surface area contributed by atoms with Crippen LogP contribution in [-0.4, -0.2) is 21.0 Å². The summed E-state index contributed by atoms with van der Waals surface area (Å²) >= 11 is 3.36. The molecule has 23 heavy (non-hydrogen) atoms. The molecule has 0 bridgehead atoms. The zero-order chi connectivity index (χ0) is 16.2. The average Bonchev–Trinajstić information content (AvgIpc) is 3.02. The molecule has 116 valence electrons. The predicted octanol–water partition coefficient (Wildman–Crippen LogP) is 2.96. The van der Waals surface area contributed by atoms with Crippen LogP contribution in [0.5, 0.6) is 0 Å². The molecule has 0 aliphatic heterocycles. The first kappa shape index (κ1) is 15.2. The van der Waals surface area contributed by atoms with Crippen LogP contribution >= 0.6 is 15.9 Å². The van der Waals surface area contributed by atoms with E-state index in [9.17, 15) is 4.79 Å². The van der Waals surface area contributed by atoms with Crippen LogP contribution in [0.2, 0.25) is 0 Å². The quantitative estimate of drug-likeness (QED) is 0.682. The molecule has 0 aliphatic carbocycles. The zero-order valence-corrected chi connectivity index (χ0v) is 13.7. The highest BCUT2D eigenvalue weighted by atomic mass is 79.9. The fourth-order valence-corrected chi connectivity index (χ4v) is 2.43. The lowest BCUT2D eigenvalue weighted by atomic mass is 10.1. The van der Waals surface area contributed by atoms with Crippen LogP contribution in [0, 0.1) is 6.92 Å². The van der Waals surface area contributed by atoms with Gasteiger partial charge in [-0.25, -0.2) is 5.43 Å². The highest BCUT2D eigenvalue weighted by Crippen LogP contribution is 2.17. The summed E-state index contributed by atoms with van der Waals surface area (Å²) in [5.74, 6) is 0.114. The van der Waals surface area contributed by atoms with E-state index in [1.54, 1.807) is 36.7 Å². The van der Waals surface area contributed by atoms with Gasteiger partial charge in [-0.2, -0.15) is 4.98 Å². The number of hydrazine groups is 1. The van der Waals surface area contributed by atoms with Crippen molar-refractivity contribution in [2.24, 2.45) is 0 Å². The number of pyridine rings is 1. The fraction of sp³-hybridized carbons (Fsp3) is 0.0667. The summed E-state index contributed by atoms with van der Waals surface area (Å²) in [6, 6.07) is 9.02. The number of aryl methyl sites for hydroxylation is 1. The second kappa shape index (κ2) is 6.57. The van der Waals surface area contributed by atoms with Gasteiger partial charge in [0.05, 0.1) is 0 Å². The van der Waals surface area contributed by atoms with E-state index >= 15 is 0 Å². The lowest BCUT2D eigenvalue weighted by Crippen LogP contribution is -2.30. The summed E-state index contributed by atoms with van der Waals surface area (Å²) < 4.78 is 5.96. The second-order valence-corrected chi connectivity index (χ2v) is 5.61. The summed E-state index contributed by atoms with van der Waals surface area (Å²) in [5, 5.41) is 3.83. The minimum absolute atomic E-state index is 0.0972. The first-order valence-corrected chi connectivity index (χ1v) is 7.49. The van der Waals surface area contributed by atoms with Gasteiger partial charge in [0.1, 0.15) is 0 Å². The lowest BCUT2D eigenvalue weighted by molar-refractivity contribution is 0.0960. The molecular weight excluding hydrogens is 362 g/mol. The number of nitrogens with zero attached hydrogens (tertiary/aromatic N) is 3. The standard InChI is InChI=1S/C15H12BrN5O2/c1-9-8-11(16)2-3-12(9)14(22)19-20-15-18-13(21-23-15)10-4-6-17-7-5-10/h2-8H,1H3,(H,19,22)(H,18,20,21). The van der Waals surface area contributed by atoms with Gasteiger partial charge in [0.2, 0.25) is 5.82 Å². The Morgan fingerprint density at radius 1 is 1.22 bits per heavy atom. The monoisotopic (exact) mass is 373 g/mol. The number of carbonyl (C=O) groups is 1. The molecule has 0 saturated carbocycles. The Morgan fingerprint density at radius 3 is 2.74 bits per heavy atom. The number of aromatic nitrogens is 3. The number of halogens is 1. The van der Waals surface area contributed by atoms with E-state index in [4.69, 9.17) is 4.52 Å². The van der Waals surface area contributed by atoms with E-state index in [1.807, 2.05) is 13.0 Å².